The van der Waals surface area contributed by atoms with E-state index in [2.05, 4.69) is 190 Å². The number of pyridine rings is 2. The summed E-state index contributed by atoms with van der Waals surface area (Å²) < 4.78 is 18.2. The van der Waals surface area contributed by atoms with E-state index in [4.69, 9.17) is 19.4 Å². The molecule has 7 nitrogen and oxygen atoms in total. The number of rotatable bonds is 3. The Kier molecular flexibility index (Phi) is 7.03. The Bertz CT molecular complexity index is 3910. The number of hydrogen-bond acceptors (Lipinski definition) is 5. The number of anilines is 3. The van der Waals surface area contributed by atoms with Crippen molar-refractivity contribution in [1.29, 1.82) is 0 Å². The van der Waals surface area contributed by atoms with Crippen molar-refractivity contribution in [2.75, 3.05) is 4.90 Å². The van der Waals surface area contributed by atoms with Crippen LogP contribution in [-0.4, -0.2) is 19.1 Å². The van der Waals surface area contributed by atoms with E-state index in [0.717, 1.165) is 113 Å². The Labute approximate surface area is 378 Å². The Morgan fingerprint density at radius 3 is 1.32 bits per heavy atom. The summed E-state index contributed by atoms with van der Waals surface area (Å²) in [5.41, 5.74) is 14.9. The van der Waals surface area contributed by atoms with E-state index in [0.29, 0.717) is 0 Å². The Morgan fingerprint density at radius 2 is 0.773 bits per heavy atom. The molecule has 7 heteroatoms. The number of benzene rings is 8. The van der Waals surface area contributed by atoms with Crippen LogP contribution in [0.15, 0.2) is 213 Å². The minimum absolute atomic E-state index is 0.801. The molecule has 2 aliphatic heterocycles. The molecule has 1 spiro atoms. The average Bonchev–Trinajstić information content (AvgIpc) is 4.00. The van der Waals surface area contributed by atoms with Crippen molar-refractivity contribution in [3.63, 3.8) is 0 Å². The van der Waals surface area contributed by atoms with Gasteiger partial charge in [-0.15, -0.1) is 0 Å². The average molecular weight is 846 g/mol. The summed E-state index contributed by atoms with van der Waals surface area (Å²) in [5.74, 6) is 3.26. The van der Waals surface area contributed by atoms with Gasteiger partial charge >= 0.3 is 0 Å². The predicted octanol–water partition coefficient (Wildman–Crippen LogP) is 14.7. The molecule has 66 heavy (non-hydrogen) atoms. The van der Waals surface area contributed by atoms with Gasteiger partial charge < -0.3 is 23.5 Å². The summed E-state index contributed by atoms with van der Waals surface area (Å²) in [6, 6.07) is 71.3. The quantitative estimate of drug-likeness (QED) is 0.177. The molecule has 12 aromatic rings. The molecule has 0 amide bonds. The Hall–Kier alpha value is -8.94. The molecule has 8 aromatic carbocycles. The molecule has 6 heterocycles. The number of fused-ring (bicyclic) bond motifs is 17. The Morgan fingerprint density at radius 1 is 0.333 bits per heavy atom. The van der Waals surface area contributed by atoms with E-state index in [1.165, 1.54) is 16.2 Å². The van der Waals surface area contributed by atoms with Crippen LogP contribution in [0.1, 0.15) is 22.3 Å². The van der Waals surface area contributed by atoms with Crippen molar-refractivity contribution in [3.05, 3.63) is 235 Å². The van der Waals surface area contributed by atoms with Gasteiger partial charge in [0.2, 0.25) is 0 Å². The molecule has 0 radical (unpaired) electrons. The lowest BCUT2D eigenvalue weighted by Gasteiger charge is -2.39. The van der Waals surface area contributed by atoms with Crippen LogP contribution in [0, 0.1) is 0 Å². The highest BCUT2D eigenvalue weighted by atomic mass is 16.5. The number of para-hydroxylation sites is 7. The molecule has 4 aromatic heterocycles. The molecule has 0 unspecified atom stereocenters. The summed E-state index contributed by atoms with van der Waals surface area (Å²) in [6.07, 6.45) is 3.76. The zero-order valence-electron chi connectivity index (χ0n) is 35.3. The van der Waals surface area contributed by atoms with Crippen molar-refractivity contribution >= 4 is 60.7 Å². The maximum Gasteiger partial charge on any atom is 0.151 e. The topological polar surface area (TPSA) is 57.3 Å². The van der Waals surface area contributed by atoms with Crippen LogP contribution in [-0.2, 0) is 5.41 Å². The van der Waals surface area contributed by atoms with Crippen LogP contribution >= 0.6 is 0 Å². The van der Waals surface area contributed by atoms with E-state index in [1.807, 2.05) is 36.7 Å². The largest absolute Gasteiger partial charge is 0.457 e. The highest BCUT2D eigenvalue weighted by Crippen LogP contribution is 2.62. The summed E-state index contributed by atoms with van der Waals surface area (Å²) in [6.45, 7) is 0. The molecule has 308 valence electrons. The van der Waals surface area contributed by atoms with Crippen molar-refractivity contribution in [2.45, 2.75) is 5.41 Å². The second kappa shape index (κ2) is 13.1. The first-order valence-electron chi connectivity index (χ1n) is 22.3. The maximum atomic E-state index is 7.05. The molecule has 15 rings (SSSR count). The third kappa shape index (κ3) is 4.60. The van der Waals surface area contributed by atoms with Crippen LogP contribution in [0.3, 0.4) is 0 Å². The van der Waals surface area contributed by atoms with Crippen LogP contribution in [0.2, 0.25) is 0 Å². The van der Waals surface area contributed by atoms with E-state index < -0.39 is 5.41 Å². The van der Waals surface area contributed by atoms with Crippen LogP contribution < -0.4 is 14.4 Å². The van der Waals surface area contributed by atoms with Crippen LogP contribution in [0.5, 0.6) is 23.0 Å². The third-order valence-electron chi connectivity index (χ3n) is 14.0. The molecule has 0 N–H and O–H groups in total. The lowest BCUT2D eigenvalue weighted by atomic mass is 9.66. The third-order valence-corrected chi connectivity index (χ3v) is 14.0. The normalized spacial score (nSPS) is 13.8. The van der Waals surface area contributed by atoms with Gasteiger partial charge in [-0.25, -0.2) is 0 Å². The summed E-state index contributed by atoms with van der Waals surface area (Å²) in [5, 5.41) is 4.75. The smallest absolute Gasteiger partial charge is 0.151 e. The fourth-order valence-corrected chi connectivity index (χ4v) is 11.4. The van der Waals surface area contributed by atoms with Gasteiger partial charge in [0, 0.05) is 62.1 Å². The van der Waals surface area contributed by atoms with Gasteiger partial charge in [0.1, 0.15) is 11.5 Å². The zero-order valence-corrected chi connectivity index (χ0v) is 35.3. The van der Waals surface area contributed by atoms with Gasteiger partial charge in [0.15, 0.2) is 11.5 Å². The number of hydrogen-bond donors (Lipinski definition) is 0. The summed E-state index contributed by atoms with van der Waals surface area (Å²) in [4.78, 5) is 12.4. The molecule has 0 fully saturated rings. The van der Waals surface area contributed by atoms with Gasteiger partial charge in [-0.2, -0.15) is 0 Å². The van der Waals surface area contributed by atoms with E-state index in [1.54, 1.807) is 0 Å². The lowest BCUT2D eigenvalue weighted by Crippen LogP contribution is -2.32. The molecule has 0 atom stereocenters. The van der Waals surface area contributed by atoms with Crippen molar-refractivity contribution in [2.24, 2.45) is 0 Å². The molecular weight excluding hydrogens is 811 g/mol. The maximum absolute atomic E-state index is 7.05. The van der Waals surface area contributed by atoms with Crippen molar-refractivity contribution in [3.8, 4) is 45.8 Å². The summed E-state index contributed by atoms with van der Waals surface area (Å²) in [7, 11) is 0. The van der Waals surface area contributed by atoms with Gasteiger partial charge in [0.25, 0.3) is 0 Å². The SMILES string of the molecule is c1ccc2c(c1)Oc1ccccc1N2c1ccc2c(c1)c1ccccc1n2-c1ccc2c(c1)C1(c3cc(-n4c5ccccc5c5ccccc54)ccc3O2)c2cccnc2-c2ncccc21. The second-order valence-corrected chi connectivity index (χ2v) is 17.3. The fraction of sp³-hybridized carbons (Fsp3) is 0.0169. The predicted molar refractivity (Wildman–Crippen MR) is 263 cm³/mol. The molecule has 0 saturated heterocycles. The van der Waals surface area contributed by atoms with E-state index in [9.17, 15) is 0 Å². The van der Waals surface area contributed by atoms with Crippen LogP contribution in [0.4, 0.5) is 17.1 Å². The lowest BCUT2D eigenvalue weighted by molar-refractivity contribution is 0.436. The highest BCUT2D eigenvalue weighted by molar-refractivity contribution is 6.11. The highest BCUT2D eigenvalue weighted by Gasteiger charge is 2.53. The fourth-order valence-electron chi connectivity index (χ4n) is 11.4. The number of nitrogens with zero attached hydrogens (tertiary/aromatic N) is 5. The minimum atomic E-state index is -0.802. The van der Waals surface area contributed by atoms with E-state index in [-0.39, 0.29) is 0 Å². The number of ether oxygens (including phenoxy) is 2. The minimum Gasteiger partial charge on any atom is -0.457 e. The number of aromatic nitrogens is 4. The van der Waals surface area contributed by atoms with E-state index >= 15 is 0 Å². The van der Waals surface area contributed by atoms with Gasteiger partial charge in [-0.05, 0) is 120 Å². The zero-order chi connectivity index (χ0) is 43.1. The monoisotopic (exact) mass is 845 g/mol. The summed E-state index contributed by atoms with van der Waals surface area (Å²) >= 11 is 0. The second-order valence-electron chi connectivity index (χ2n) is 17.3. The molecule has 3 aliphatic rings. The Balaban J connectivity index is 0.977. The van der Waals surface area contributed by atoms with Crippen LogP contribution in [0.25, 0.3) is 66.4 Å². The van der Waals surface area contributed by atoms with Crippen molar-refractivity contribution in [1.82, 2.24) is 19.1 Å². The van der Waals surface area contributed by atoms with Crippen molar-refractivity contribution < 1.29 is 9.47 Å². The first-order valence-corrected chi connectivity index (χ1v) is 22.3. The molecule has 0 bridgehead atoms. The molecular formula is C59H35N5O2. The molecule has 0 saturated carbocycles. The standard InChI is InChI=1S/C59H35N5O2/c1-4-18-47-39(13-1)40-14-2-5-19-48(40)62(47)37-26-29-53-45(34-37)59(43-16-11-31-60-57(43)58-44(59)17-12-32-61-58)46-35-38(27-30-54(46)65-53)63-49-20-6-3-15-41(49)42-33-36(25-28-50(42)63)64-51-21-7-9-23-55(51)66-56-24-10-8-22-52(56)64/h1-35H. The first-order chi connectivity index (χ1) is 32.7. The van der Waals surface area contributed by atoms with Gasteiger partial charge in [0.05, 0.1) is 50.2 Å². The molecule has 1 aliphatic carbocycles. The van der Waals surface area contributed by atoms with Gasteiger partial charge in [-0.3, -0.25) is 9.97 Å². The first kappa shape index (κ1) is 35.5. The van der Waals surface area contributed by atoms with Gasteiger partial charge in [-0.1, -0.05) is 91.0 Å².